The lowest BCUT2D eigenvalue weighted by Crippen LogP contribution is -2.21. The zero-order chi connectivity index (χ0) is 17.1. The van der Waals surface area contributed by atoms with Gasteiger partial charge in [-0.25, -0.2) is 0 Å². The van der Waals surface area contributed by atoms with Gasteiger partial charge in [-0.05, 0) is 30.3 Å². The van der Waals surface area contributed by atoms with Crippen LogP contribution in [-0.2, 0) is 9.59 Å². The van der Waals surface area contributed by atoms with Crippen molar-refractivity contribution in [3.8, 4) is 11.5 Å². The van der Waals surface area contributed by atoms with Gasteiger partial charge in [-0.2, -0.15) is 0 Å². The zero-order valence-electron chi connectivity index (χ0n) is 12.3. The second-order valence-corrected chi connectivity index (χ2v) is 5.81. The average molecular weight is 367 g/mol. The van der Waals surface area contributed by atoms with E-state index in [2.05, 4.69) is 10.6 Å². The van der Waals surface area contributed by atoms with Gasteiger partial charge in [-0.3, -0.25) is 9.59 Å². The van der Waals surface area contributed by atoms with Gasteiger partial charge in [0.1, 0.15) is 6.42 Å². The second kappa shape index (κ2) is 6.98. The molecule has 0 unspecified atom stereocenters. The summed E-state index contributed by atoms with van der Waals surface area (Å²) in [6.45, 7) is 0.148. The van der Waals surface area contributed by atoms with Crippen molar-refractivity contribution in [2.45, 2.75) is 6.42 Å². The summed E-state index contributed by atoms with van der Waals surface area (Å²) < 4.78 is 10.4. The SMILES string of the molecule is O=C(CC(=O)Nc1cc(Cl)ccc1Cl)Nc1ccc2c(c1)OCO2. The third kappa shape index (κ3) is 3.90. The predicted molar refractivity (Wildman–Crippen MR) is 90.9 cm³/mol. The number of nitrogens with one attached hydrogen (secondary N) is 2. The summed E-state index contributed by atoms with van der Waals surface area (Å²) in [6, 6.07) is 9.66. The molecule has 0 fully saturated rings. The number of rotatable bonds is 4. The van der Waals surface area contributed by atoms with Crippen molar-refractivity contribution in [3.05, 3.63) is 46.4 Å². The lowest BCUT2D eigenvalue weighted by molar-refractivity contribution is -0.123. The van der Waals surface area contributed by atoms with Crippen molar-refractivity contribution in [1.82, 2.24) is 0 Å². The highest BCUT2D eigenvalue weighted by molar-refractivity contribution is 6.35. The highest BCUT2D eigenvalue weighted by Crippen LogP contribution is 2.34. The quantitative estimate of drug-likeness (QED) is 0.809. The lowest BCUT2D eigenvalue weighted by atomic mass is 10.2. The third-order valence-corrected chi connectivity index (χ3v) is 3.74. The van der Waals surface area contributed by atoms with Crippen molar-refractivity contribution in [2.75, 3.05) is 17.4 Å². The molecule has 3 rings (SSSR count). The molecule has 2 N–H and O–H groups in total. The van der Waals surface area contributed by atoms with Crippen LogP contribution in [0.25, 0.3) is 0 Å². The average Bonchev–Trinajstić information content (AvgIpc) is 2.98. The Balaban J connectivity index is 1.58. The van der Waals surface area contributed by atoms with Crippen molar-refractivity contribution >= 4 is 46.4 Å². The third-order valence-electron chi connectivity index (χ3n) is 3.18. The van der Waals surface area contributed by atoms with E-state index in [1.807, 2.05) is 0 Å². The molecular weight excluding hydrogens is 355 g/mol. The Morgan fingerprint density at radius 1 is 0.958 bits per heavy atom. The Kier molecular flexibility index (Phi) is 4.78. The lowest BCUT2D eigenvalue weighted by Gasteiger charge is -2.09. The smallest absolute Gasteiger partial charge is 0.233 e. The normalized spacial score (nSPS) is 11.9. The molecule has 6 nitrogen and oxygen atoms in total. The highest BCUT2D eigenvalue weighted by atomic mass is 35.5. The number of carbonyl (C=O) groups excluding carboxylic acids is 2. The summed E-state index contributed by atoms with van der Waals surface area (Å²) in [7, 11) is 0. The van der Waals surface area contributed by atoms with Gasteiger partial charge in [0.2, 0.25) is 18.6 Å². The van der Waals surface area contributed by atoms with E-state index >= 15 is 0 Å². The maximum Gasteiger partial charge on any atom is 0.233 e. The van der Waals surface area contributed by atoms with Gasteiger partial charge in [-0.15, -0.1) is 0 Å². The number of carbonyl (C=O) groups is 2. The number of amides is 2. The molecule has 0 atom stereocenters. The monoisotopic (exact) mass is 366 g/mol. The molecule has 0 saturated carbocycles. The Morgan fingerprint density at radius 3 is 2.54 bits per heavy atom. The number of hydrogen-bond acceptors (Lipinski definition) is 4. The van der Waals surface area contributed by atoms with Gasteiger partial charge in [0.05, 0.1) is 10.7 Å². The first-order valence-electron chi connectivity index (χ1n) is 6.95. The van der Waals surface area contributed by atoms with Gasteiger partial charge >= 0.3 is 0 Å². The van der Waals surface area contributed by atoms with E-state index in [4.69, 9.17) is 32.7 Å². The van der Waals surface area contributed by atoms with Crippen LogP contribution in [0, 0.1) is 0 Å². The molecule has 0 bridgehead atoms. The molecule has 24 heavy (non-hydrogen) atoms. The van der Waals surface area contributed by atoms with Crippen LogP contribution in [0.5, 0.6) is 11.5 Å². The number of fused-ring (bicyclic) bond motifs is 1. The first-order chi connectivity index (χ1) is 11.5. The van der Waals surface area contributed by atoms with E-state index in [9.17, 15) is 9.59 Å². The van der Waals surface area contributed by atoms with Crippen molar-refractivity contribution in [1.29, 1.82) is 0 Å². The first-order valence-corrected chi connectivity index (χ1v) is 7.71. The van der Waals surface area contributed by atoms with Gasteiger partial charge in [0.25, 0.3) is 0 Å². The van der Waals surface area contributed by atoms with Crippen LogP contribution in [0.3, 0.4) is 0 Å². The summed E-state index contributed by atoms with van der Waals surface area (Å²) in [5, 5.41) is 5.94. The Labute approximate surface area is 147 Å². The van der Waals surface area contributed by atoms with Crippen LogP contribution < -0.4 is 20.1 Å². The van der Waals surface area contributed by atoms with Crippen LogP contribution in [0.4, 0.5) is 11.4 Å². The topological polar surface area (TPSA) is 76.7 Å². The van der Waals surface area contributed by atoms with E-state index in [-0.39, 0.29) is 13.2 Å². The molecule has 1 aliphatic rings. The van der Waals surface area contributed by atoms with E-state index in [1.165, 1.54) is 6.07 Å². The summed E-state index contributed by atoms with van der Waals surface area (Å²) in [5.74, 6) is 0.186. The Bertz CT molecular complexity index is 811. The Morgan fingerprint density at radius 2 is 1.71 bits per heavy atom. The van der Waals surface area contributed by atoms with E-state index < -0.39 is 11.8 Å². The van der Waals surface area contributed by atoms with Gasteiger partial charge in [0, 0.05) is 16.8 Å². The van der Waals surface area contributed by atoms with Crippen LogP contribution in [0.15, 0.2) is 36.4 Å². The molecule has 2 aromatic carbocycles. The molecule has 0 spiro atoms. The van der Waals surface area contributed by atoms with E-state index in [0.717, 1.165) is 0 Å². The fraction of sp³-hybridized carbons (Fsp3) is 0.125. The van der Waals surface area contributed by atoms with Crippen LogP contribution >= 0.6 is 23.2 Å². The summed E-state index contributed by atoms with van der Waals surface area (Å²) >= 11 is 11.8. The highest BCUT2D eigenvalue weighted by Gasteiger charge is 2.16. The van der Waals surface area contributed by atoms with Crippen molar-refractivity contribution in [2.24, 2.45) is 0 Å². The Hall–Kier alpha value is -2.44. The number of ether oxygens (including phenoxy) is 2. The molecule has 1 aliphatic heterocycles. The molecule has 0 aliphatic carbocycles. The van der Waals surface area contributed by atoms with Crippen LogP contribution in [-0.4, -0.2) is 18.6 Å². The van der Waals surface area contributed by atoms with Gasteiger partial charge in [-0.1, -0.05) is 23.2 Å². The molecule has 2 amide bonds. The fourth-order valence-electron chi connectivity index (χ4n) is 2.11. The standard InChI is InChI=1S/C16H12Cl2N2O4/c17-9-1-3-11(18)12(5-9)20-16(22)7-15(21)19-10-2-4-13-14(6-10)24-8-23-13/h1-6H,7-8H2,(H,19,21)(H,20,22). The number of benzene rings is 2. The largest absolute Gasteiger partial charge is 0.454 e. The van der Waals surface area contributed by atoms with Gasteiger partial charge < -0.3 is 20.1 Å². The number of halogens is 2. The second-order valence-electron chi connectivity index (χ2n) is 4.97. The molecule has 0 aromatic heterocycles. The molecule has 1 heterocycles. The van der Waals surface area contributed by atoms with Crippen molar-refractivity contribution in [3.63, 3.8) is 0 Å². The minimum Gasteiger partial charge on any atom is -0.454 e. The summed E-state index contributed by atoms with van der Waals surface area (Å²) in [5.41, 5.74) is 0.864. The van der Waals surface area contributed by atoms with E-state index in [0.29, 0.717) is 32.9 Å². The zero-order valence-corrected chi connectivity index (χ0v) is 13.8. The summed E-state index contributed by atoms with van der Waals surface area (Å²) in [4.78, 5) is 23.9. The fourth-order valence-corrected chi connectivity index (χ4v) is 2.45. The molecule has 0 radical (unpaired) electrons. The predicted octanol–water partition coefficient (Wildman–Crippen LogP) is 3.69. The van der Waals surface area contributed by atoms with Crippen LogP contribution in [0.1, 0.15) is 6.42 Å². The molecule has 2 aromatic rings. The summed E-state index contributed by atoms with van der Waals surface area (Å²) in [6.07, 6.45) is -0.364. The molecule has 0 saturated heterocycles. The minimum atomic E-state index is -0.502. The van der Waals surface area contributed by atoms with Crippen molar-refractivity contribution < 1.29 is 19.1 Å². The first kappa shape index (κ1) is 16.4. The van der Waals surface area contributed by atoms with E-state index in [1.54, 1.807) is 30.3 Å². The number of hydrogen-bond donors (Lipinski definition) is 2. The van der Waals surface area contributed by atoms with Crippen LogP contribution in [0.2, 0.25) is 10.0 Å². The van der Waals surface area contributed by atoms with Gasteiger partial charge in [0.15, 0.2) is 11.5 Å². The molecular formula is C16H12Cl2N2O4. The molecule has 124 valence electrons. The minimum absolute atomic E-state index is 0.148. The number of anilines is 2. The molecule has 8 heteroatoms. The maximum atomic E-state index is 12.0. The maximum absolute atomic E-state index is 12.0.